The molecule has 0 bridgehead atoms. The average molecular weight is 246 g/mol. The predicted octanol–water partition coefficient (Wildman–Crippen LogP) is 2.02. The molecule has 0 fully saturated rings. The lowest BCUT2D eigenvalue weighted by molar-refractivity contribution is 0.0727. The molecule has 3 N–H and O–H groups in total. The topological polar surface area (TPSA) is 87.0 Å². The van der Waals surface area contributed by atoms with Gasteiger partial charge in [-0.1, -0.05) is 18.2 Å². The molecule has 2 aromatic rings. The lowest BCUT2D eigenvalue weighted by Crippen LogP contribution is -2.09. The predicted molar refractivity (Wildman–Crippen MR) is 62.8 cm³/mol. The second-order valence-electron chi connectivity index (χ2n) is 3.53. The molecular weight excluding hydrogens is 236 g/mol. The van der Waals surface area contributed by atoms with E-state index in [4.69, 9.17) is 4.74 Å². The summed E-state index contributed by atoms with van der Waals surface area (Å²) in [5, 5.41) is 28.3. The van der Waals surface area contributed by atoms with Crippen LogP contribution in [0.5, 0.6) is 23.0 Å². The van der Waals surface area contributed by atoms with Crippen LogP contribution in [0.1, 0.15) is 10.4 Å². The van der Waals surface area contributed by atoms with Gasteiger partial charge in [0.15, 0.2) is 11.5 Å². The van der Waals surface area contributed by atoms with Gasteiger partial charge in [0.25, 0.3) is 0 Å². The first-order chi connectivity index (χ1) is 8.59. The van der Waals surface area contributed by atoms with Crippen molar-refractivity contribution in [2.75, 3.05) is 0 Å². The van der Waals surface area contributed by atoms with Crippen LogP contribution in [-0.2, 0) is 0 Å². The first-order valence-electron chi connectivity index (χ1n) is 5.10. The molecule has 2 rings (SSSR count). The van der Waals surface area contributed by atoms with Crippen molar-refractivity contribution in [3.63, 3.8) is 0 Å². The molecule has 92 valence electrons. The SMILES string of the molecule is O=C(Oc1ccccc1)c1c(O)ccc(O)c1O. The van der Waals surface area contributed by atoms with Crippen LogP contribution in [0, 0.1) is 0 Å². The Labute approximate surface area is 103 Å². The Morgan fingerprint density at radius 1 is 0.889 bits per heavy atom. The van der Waals surface area contributed by atoms with Crippen molar-refractivity contribution in [3.05, 3.63) is 48.0 Å². The van der Waals surface area contributed by atoms with Gasteiger partial charge in [0, 0.05) is 0 Å². The van der Waals surface area contributed by atoms with Crippen LogP contribution in [-0.4, -0.2) is 21.3 Å². The number of phenolic OH excluding ortho intramolecular Hbond substituents is 3. The molecule has 0 saturated carbocycles. The van der Waals surface area contributed by atoms with E-state index in [1.807, 2.05) is 0 Å². The van der Waals surface area contributed by atoms with Gasteiger partial charge in [-0.2, -0.15) is 0 Å². The van der Waals surface area contributed by atoms with E-state index in [2.05, 4.69) is 0 Å². The number of hydrogen-bond acceptors (Lipinski definition) is 5. The Morgan fingerprint density at radius 2 is 1.50 bits per heavy atom. The number of hydrogen-bond donors (Lipinski definition) is 3. The summed E-state index contributed by atoms with van der Waals surface area (Å²) in [6, 6.07) is 10.4. The lowest BCUT2D eigenvalue weighted by Gasteiger charge is -2.08. The van der Waals surface area contributed by atoms with Crippen LogP contribution in [0.4, 0.5) is 0 Å². The number of para-hydroxylation sites is 1. The van der Waals surface area contributed by atoms with Gasteiger partial charge >= 0.3 is 5.97 Å². The largest absolute Gasteiger partial charge is 0.507 e. The molecule has 18 heavy (non-hydrogen) atoms. The van der Waals surface area contributed by atoms with E-state index in [-0.39, 0.29) is 5.75 Å². The number of carbonyl (C=O) groups is 1. The summed E-state index contributed by atoms with van der Waals surface area (Å²) in [6.45, 7) is 0. The van der Waals surface area contributed by atoms with Crippen molar-refractivity contribution in [1.29, 1.82) is 0 Å². The number of carbonyl (C=O) groups excluding carboxylic acids is 1. The summed E-state index contributed by atoms with van der Waals surface area (Å²) in [5.74, 6) is -2.37. The van der Waals surface area contributed by atoms with Crippen molar-refractivity contribution in [1.82, 2.24) is 0 Å². The number of ether oxygens (including phenoxy) is 1. The van der Waals surface area contributed by atoms with Gasteiger partial charge in [0.2, 0.25) is 0 Å². The van der Waals surface area contributed by atoms with E-state index in [1.165, 1.54) is 0 Å². The van der Waals surface area contributed by atoms with Crippen LogP contribution in [0.15, 0.2) is 42.5 Å². The van der Waals surface area contributed by atoms with Crippen LogP contribution in [0.25, 0.3) is 0 Å². The molecule has 0 amide bonds. The van der Waals surface area contributed by atoms with Gasteiger partial charge in [-0.05, 0) is 24.3 Å². The molecule has 0 aliphatic heterocycles. The van der Waals surface area contributed by atoms with E-state index in [1.54, 1.807) is 30.3 Å². The fourth-order valence-electron chi connectivity index (χ4n) is 1.42. The van der Waals surface area contributed by atoms with Gasteiger partial charge < -0.3 is 20.1 Å². The zero-order chi connectivity index (χ0) is 13.1. The molecule has 0 heterocycles. The van der Waals surface area contributed by atoms with Gasteiger partial charge in [-0.3, -0.25) is 0 Å². The molecule has 0 aromatic heterocycles. The number of phenols is 3. The number of aromatic hydroxyl groups is 3. The second kappa shape index (κ2) is 4.67. The van der Waals surface area contributed by atoms with E-state index in [0.29, 0.717) is 0 Å². The van der Waals surface area contributed by atoms with Gasteiger partial charge in [-0.25, -0.2) is 4.79 Å². The minimum absolute atomic E-state index is 0.268. The van der Waals surface area contributed by atoms with Crippen molar-refractivity contribution >= 4 is 5.97 Å². The first kappa shape index (κ1) is 11.8. The van der Waals surface area contributed by atoms with Crippen molar-refractivity contribution in [2.24, 2.45) is 0 Å². The van der Waals surface area contributed by atoms with Crippen LogP contribution < -0.4 is 4.74 Å². The number of rotatable bonds is 2. The summed E-state index contributed by atoms with van der Waals surface area (Å²) in [5.41, 5.74) is -0.473. The van der Waals surface area contributed by atoms with E-state index in [9.17, 15) is 20.1 Å². The fraction of sp³-hybridized carbons (Fsp3) is 0. The molecule has 0 aliphatic carbocycles. The molecule has 0 atom stereocenters. The monoisotopic (exact) mass is 246 g/mol. The average Bonchev–Trinajstić information content (AvgIpc) is 2.36. The van der Waals surface area contributed by atoms with Crippen LogP contribution in [0.3, 0.4) is 0 Å². The molecule has 2 aromatic carbocycles. The Morgan fingerprint density at radius 3 is 2.17 bits per heavy atom. The van der Waals surface area contributed by atoms with E-state index < -0.39 is 28.8 Å². The number of benzene rings is 2. The zero-order valence-electron chi connectivity index (χ0n) is 9.20. The lowest BCUT2D eigenvalue weighted by atomic mass is 10.1. The zero-order valence-corrected chi connectivity index (χ0v) is 9.20. The van der Waals surface area contributed by atoms with Gasteiger partial charge in [0.1, 0.15) is 17.1 Å². The van der Waals surface area contributed by atoms with Crippen molar-refractivity contribution in [2.45, 2.75) is 0 Å². The highest BCUT2D eigenvalue weighted by molar-refractivity contribution is 5.97. The first-order valence-corrected chi connectivity index (χ1v) is 5.10. The number of esters is 1. The molecule has 0 radical (unpaired) electrons. The molecule has 0 unspecified atom stereocenters. The second-order valence-corrected chi connectivity index (χ2v) is 3.53. The highest BCUT2D eigenvalue weighted by atomic mass is 16.5. The molecule has 0 spiro atoms. The maximum absolute atomic E-state index is 11.8. The van der Waals surface area contributed by atoms with Gasteiger partial charge in [-0.15, -0.1) is 0 Å². The third-order valence-electron chi connectivity index (χ3n) is 2.29. The van der Waals surface area contributed by atoms with Crippen LogP contribution in [0.2, 0.25) is 0 Å². The van der Waals surface area contributed by atoms with Gasteiger partial charge in [0.05, 0.1) is 0 Å². The third-order valence-corrected chi connectivity index (χ3v) is 2.29. The standard InChI is InChI=1S/C13H10O5/c14-9-6-7-10(15)12(16)11(9)13(17)18-8-4-2-1-3-5-8/h1-7,14-16H. The Balaban J connectivity index is 2.33. The summed E-state index contributed by atoms with van der Waals surface area (Å²) >= 11 is 0. The Kier molecular flexibility index (Phi) is 3.05. The molecule has 5 nitrogen and oxygen atoms in total. The minimum atomic E-state index is -0.952. The Hall–Kier alpha value is -2.69. The maximum Gasteiger partial charge on any atom is 0.351 e. The highest BCUT2D eigenvalue weighted by Gasteiger charge is 2.21. The van der Waals surface area contributed by atoms with Crippen molar-refractivity contribution < 1.29 is 24.9 Å². The summed E-state index contributed by atoms with van der Waals surface area (Å²) in [6.07, 6.45) is 0. The fourth-order valence-corrected chi connectivity index (χ4v) is 1.42. The third kappa shape index (κ3) is 2.20. The van der Waals surface area contributed by atoms with Crippen molar-refractivity contribution in [3.8, 4) is 23.0 Å². The minimum Gasteiger partial charge on any atom is -0.507 e. The molecule has 0 aliphatic rings. The van der Waals surface area contributed by atoms with Crippen LogP contribution >= 0.6 is 0 Å². The molecule has 5 heteroatoms. The molecule has 0 saturated heterocycles. The highest BCUT2D eigenvalue weighted by Crippen LogP contribution is 2.35. The Bertz CT molecular complexity index is 577. The normalized spacial score (nSPS) is 10.0. The quantitative estimate of drug-likeness (QED) is 0.326. The van der Waals surface area contributed by atoms with E-state index in [0.717, 1.165) is 12.1 Å². The molecular formula is C13H10O5. The van der Waals surface area contributed by atoms with E-state index >= 15 is 0 Å². The smallest absolute Gasteiger partial charge is 0.351 e. The summed E-state index contributed by atoms with van der Waals surface area (Å²) in [4.78, 5) is 11.8. The summed E-state index contributed by atoms with van der Waals surface area (Å²) < 4.78 is 4.95. The summed E-state index contributed by atoms with van der Waals surface area (Å²) in [7, 11) is 0. The maximum atomic E-state index is 11.8.